The van der Waals surface area contributed by atoms with Crippen LogP contribution >= 0.6 is 23.2 Å². The summed E-state index contributed by atoms with van der Waals surface area (Å²) >= 11 is 12.1. The first kappa shape index (κ1) is 21.5. The SMILES string of the molecule is O=C(NC(Cc1ccncc1Cl)C(=O)N1CCC(F)(F)C1)c1cc2cc(Cl)cnc2[nH]1. The lowest BCUT2D eigenvalue weighted by Gasteiger charge is -2.24. The Morgan fingerprint density at radius 1 is 1.29 bits per heavy atom. The van der Waals surface area contributed by atoms with Crippen LogP contribution in [0.2, 0.25) is 10.0 Å². The fraction of sp³-hybridized carbons (Fsp3) is 0.300. The summed E-state index contributed by atoms with van der Waals surface area (Å²) < 4.78 is 27.3. The van der Waals surface area contributed by atoms with E-state index >= 15 is 0 Å². The molecule has 1 aliphatic heterocycles. The Morgan fingerprint density at radius 2 is 2.10 bits per heavy atom. The molecule has 7 nitrogen and oxygen atoms in total. The molecule has 4 heterocycles. The number of fused-ring (bicyclic) bond motifs is 1. The highest BCUT2D eigenvalue weighted by Crippen LogP contribution is 2.28. The summed E-state index contributed by atoms with van der Waals surface area (Å²) in [4.78, 5) is 37.8. The van der Waals surface area contributed by atoms with Gasteiger partial charge in [0.05, 0.1) is 16.6 Å². The van der Waals surface area contributed by atoms with Crippen molar-refractivity contribution >= 4 is 46.0 Å². The number of nitrogens with zero attached hydrogens (tertiary/aromatic N) is 3. The summed E-state index contributed by atoms with van der Waals surface area (Å²) in [5, 5.41) is 3.99. The molecule has 1 fully saturated rings. The third-order valence-electron chi connectivity index (χ3n) is 5.05. The average molecular weight is 468 g/mol. The highest BCUT2D eigenvalue weighted by molar-refractivity contribution is 6.31. The van der Waals surface area contributed by atoms with E-state index in [1.165, 1.54) is 18.6 Å². The molecule has 3 aromatic heterocycles. The van der Waals surface area contributed by atoms with Crippen LogP contribution in [0.3, 0.4) is 0 Å². The summed E-state index contributed by atoms with van der Waals surface area (Å²) in [6.07, 6.45) is 3.97. The topological polar surface area (TPSA) is 91.0 Å². The summed E-state index contributed by atoms with van der Waals surface area (Å²) in [5.74, 6) is -4.13. The lowest BCUT2D eigenvalue weighted by atomic mass is 10.1. The normalized spacial score (nSPS) is 16.5. The Kier molecular flexibility index (Phi) is 5.81. The summed E-state index contributed by atoms with van der Waals surface area (Å²) in [5.41, 5.74) is 1.18. The van der Waals surface area contributed by atoms with E-state index in [0.717, 1.165) is 4.90 Å². The van der Waals surface area contributed by atoms with Crippen molar-refractivity contribution in [2.75, 3.05) is 13.1 Å². The second kappa shape index (κ2) is 8.39. The minimum Gasteiger partial charge on any atom is -0.339 e. The molecule has 11 heteroatoms. The van der Waals surface area contributed by atoms with Gasteiger partial charge >= 0.3 is 0 Å². The third-order valence-corrected chi connectivity index (χ3v) is 5.59. The van der Waals surface area contributed by atoms with Crippen molar-refractivity contribution < 1.29 is 18.4 Å². The fourth-order valence-corrected chi connectivity index (χ4v) is 3.84. The first-order valence-corrected chi connectivity index (χ1v) is 10.2. The number of hydrogen-bond donors (Lipinski definition) is 2. The highest BCUT2D eigenvalue weighted by Gasteiger charge is 2.42. The number of amides is 2. The van der Waals surface area contributed by atoms with Crippen molar-refractivity contribution in [3.05, 3.63) is 58.1 Å². The molecule has 4 rings (SSSR count). The summed E-state index contributed by atoms with van der Waals surface area (Å²) in [6.45, 7) is -0.770. The molecule has 3 aromatic rings. The van der Waals surface area contributed by atoms with Crippen LogP contribution in [0.4, 0.5) is 8.78 Å². The number of aromatic nitrogens is 3. The Labute approximate surface area is 185 Å². The third kappa shape index (κ3) is 4.77. The molecule has 1 atom stereocenters. The maximum atomic E-state index is 13.7. The number of pyridine rings is 2. The predicted octanol–water partition coefficient (Wildman–Crippen LogP) is 3.47. The van der Waals surface area contributed by atoms with Gasteiger partial charge in [-0.1, -0.05) is 23.2 Å². The van der Waals surface area contributed by atoms with Gasteiger partial charge in [0.1, 0.15) is 17.4 Å². The minimum absolute atomic E-state index is 0.0261. The van der Waals surface area contributed by atoms with Gasteiger partial charge < -0.3 is 15.2 Å². The van der Waals surface area contributed by atoms with Crippen LogP contribution in [0.15, 0.2) is 36.8 Å². The van der Waals surface area contributed by atoms with Crippen LogP contribution < -0.4 is 5.32 Å². The zero-order chi connectivity index (χ0) is 22.2. The van der Waals surface area contributed by atoms with Crippen molar-refractivity contribution in [2.24, 2.45) is 0 Å². The standard InChI is InChI=1S/C20H17Cl2F2N5O2/c21-13-5-12-7-15(27-17(12)26-8-13)18(30)28-16(6-11-1-3-25-9-14(11)22)19(31)29-4-2-20(23,24)10-29/h1,3,5,7-9,16H,2,4,6,10H2,(H,26,27)(H,28,30). The van der Waals surface area contributed by atoms with Gasteiger partial charge in [-0.05, 0) is 23.8 Å². The first-order chi connectivity index (χ1) is 14.7. The van der Waals surface area contributed by atoms with Gasteiger partial charge in [0.25, 0.3) is 11.8 Å². The van der Waals surface area contributed by atoms with Gasteiger partial charge in [0.2, 0.25) is 5.91 Å². The zero-order valence-corrected chi connectivity index (χ0v) is 17.6. The molecule has 31 heavy (non-hydrogen) atoms. The molecule has 2 amide bonds. The first-order valence-electron chi connectivity index (χ1n) is 9.42. The summed E-state index contributed by atoms with van der Waals surface area (Å²) in [7, 11) is 0. The van der Waals surface area contributed by atoms with Gasteiger partial charge in [-0.3, -0.25) is 14.6 Å². The molecule has 2 N–H and O–H groups in total. The molecule has 1 unspecified atom stereocenters. The van der Waals surface area contributed by atoms with Crippen molar-refractivity contribution in [1.29, 1.82) is 0 Å². The smallest absolute Gasteiger partial charge is 0.268 e. The van der Waals surface area contributed by atoms with Gasteiger partial charge in [-0.2, -0.15) is 0 Å². The van der Waals surface area contributed by atoms with E-state index in [4.69, 9.17) is 23.2 Å². The van der Waals surface area contributed by atoms with Crippen molar-refractivity contribution in [3.63, 3.8) is 0 Å². The Balaban J connectivity index is 1.59. The van der Waals surface area contributed by atoms with E-state index in [9.17, 15) is 18.4 Å². The van der Waals surface area contributed by atoms with Gasteiger partial charge in [-0.25, -0.2) is 13.8 Å². The molecule has 162 valence electrons. The predicted molar refractivity (Wildman–Crippen MR) is 111 cm³/mol. The average Bonchev–Trinajstić information content (AvgIpc) is 3.31. The van der Waals surface area contributed by atoms with E-state index in [1.807, 2.05) is 0 Å². The number of hydrogen-bond acceptors (Lipinski definition) is 4. The summed E-state index contributed by atoms with van der Waals surface area (Å²) in [6, 6.07) is 3.71. The number of carbonyl (C=O) groups is 2. The number of carbonyl (C=O) groups excluding carboxylic acids is 2. The number of alkyl halides is 2. The quantitative estimate of drug-likeness (QED) is 0.600. The van der Waals surface area contributed by atoms with Crippen LogP contribution in [0.1, 0.15) is 22.5 Å². The monoisotopic (exact) mass is 467 g/mol. The zero-order valence-electron chi connectivity index (χ0n) is 16.0. The van der Waals surface area contributed by atoms with Crippen LogP contribution in [0.25, 0.3) is 11.0 Å². The number of H-pyrrole nitrogens is 1. The van der Waals surface area contributed by atoms with E-state index in [2.05, 4.69) is 20.3 Å². The van der Waals surface area contributed by atoms with Crippen LogP contribution in [0.5, 0.6) is 0 Å². The Morgan fingerprint density at radius 3 is 2.81 bits per heavy atom. The Hall–Kier alpha value is -2.78. The molecule has 0 spiro atoms. The lowest BCUT2D eigenvalue weighted by Crippen LogP contribution is -2.49. The number of halogens is 4. The second-order valence-electron chi connectivity index (χ2n) is 7.34. The fourth-order valence-electron chi connectivity index (χ4n) is 3.48. The van der Waals surface area contributed by atoms with Gasteiger partial charge in [0, 0.05) is 43.4 Å². The number of likely N-dealkylation sites (tertiary alicyclic amines) is 1. The molecule has 0 radical (unpaired) electrons. The van der Waals surface area contributed by atoms with Crippen molar-refractivity contribution in [3.8, 4) is 0 Å². The van der Waals surface area contributed by atoms with E-state index in [1.54, 1.807) is 18.2 Å². The molecule has 0 aliphatic carbocycles. The molecule has 0 bridgehead atoms. The number of aromatic amines is 1. The number of rotatable bonds is 5. The maximum absolute atomic E-state index is 13.7. The van der Waals surface area contributed by atoms with E-state index in [0.29, 0.717) is 26.6 Å². The maximum Gasteiger partial charge on any atom is 0.268 e. The van der Waals surface area contributed by atoms with Crippen molar-refractivity contribution in [2.45, 2.75) is 24.8 Å². The minimum atomic E-state index is -2.94. The van der Waals surface area contributed by atoms with E-state index < -0.39 is 36.7 Å². The highest BCUT2D eigenvalue weighted by atomic mass is 35.5. The molecular formula is C20H17Cl2F2N5O2. The molecule has 1 aliphatic rings. The second-order valence-corrected chi connectivity index (χ2v) is 8.18. The Bertz CT molecular complexity index is 1150. The lowest BCUT2D eigenvalue weighted by molar-refractivity contribution is -0.133. The van der Waals surface area contributed by atoms with Crippen LogP contribution in [0, 0.1) is 0 Å². The largest absolute Gasteiger partial charge is 0.339 e. The molecule has 1 saturated heterocycles. The molecule has 0 saturated carbocycles. The molecule has 0 aromatic carbocycles. The molecular weight excluding hydrogens is 451 g/mol. The van der Waals surface area contributed by atoms with E-state index in [-0.39, 0.29) is 18.7 Å². The van der Waals surface area contributed by atoms with Crippen molar-refractivity contribution in [1.82, 2.24) is 25.2 Å². The van der Waals surface area contributed by atoms with Crippen LogP contribution in [-0.2, 0) is 11.2 Å². The van der Waals surface area contributed by atoms with Crippen LogP contribution in [-0.4, -0.2) is 56.7 Å². The number of nitrogens with one attached hydrogen (secondary N) is 2. The van der Waals surface area contributed by atoms with Gasteiger partial charge in [-0.15, -0.1) is 0 Å². The van der Waals surface area contributed by atoms with Gasteiger partial charge in [0.15, 0.2) is 0 Å².